The molecule has 4 atom stereocenters. The second-order valence-corrected chi connectivity index (χ2v) is 17.4. The van der Waals surface area contributed by atoms with Crippen LogP contribution < -0.4 is 15.8 Å². The summed E-state index contributed by atoms with van der Waals surface area (Å²) in [6, 6.07) is 3.94. The number of hydrogen-bond acceptors (Lipinski definition) is 11. The third-order valence-corrected chi connectivity index (χ3v) is 12.4. The highest BCUT2D eigenvalue weighted by molar-refractivity contribution is 8.76. The molecule has 282 valence electrons. The van der Waals surface area contributed by atoms with E-state index >= 15 is 0 Å². The molecule has 1 amide bonds. The molecule has 5 N–H and O–H groups in total. The number of aromatic hydroxyl groups is 1. The maximum Gasteiger partial charge on any atom is 0.302 e. The number of aryl methyl sites for hydroxylation is 1. The number of carbonyl (C=O) groups is 2. The fraction of sp³-hybridized carbons (Fsp3) is 0.763. The molecule has 12 heteroatoms. The summed E-state index contributed by atoms with van der Waals surface area (Å²) in [6.45, 7) is 6.78. The number of benzene rings is 1. The van der Waals surface area contributed by atoms with E-state index in [9.17, 15) is 19.8 Å². The van der Waals surface area contributed by atoms with Gasteiger partial charge in [-0.25, -0.2) is 4.99 Å². The van der Waals surface area contributed by atoms with Gasteiger partial charge in [0.25, 0.3) is 0 Å². The molecule has 4 unspecified atom stereocenters. The van der Waals surface area contributed by atoms with Gasteiger partial charge in [0.05, 0.1) is 18.1 Å². The number of amides is 1. The Labute approximate surface area is 307 Å². The van der Waals surface area contributed by atoms with E-state index in [2.05, 4.69) is 24.2 Å². The molecule has 0 spiro atoms. The number of guanidine groups is 1. The van der Waals surface area contributed by atoms with Crippen molar-refractivity contribution in [3.63, 3.8) is 0 Å². The normalized spacial score (nSPS) is 26.0. The third-order valence-electron chi connectivity index (χ3n) is 10.2. The molecule has 50 heavy (non-hydrogen) atoms. The number of carbonyl (C=O) groups excluding carboxylic acids is 2. The standard InChI is InChI=1S/C38H62N4O6S2/c1-26(2)13-16-34-29-17-18-40-38(39)41-25-50-49-19-9-5-4-6-10-31(44)23-33(47-27(3)43)15-14-28-20-30(24-42(34)36(45)22-29)37(46)35(21-28)48-32-11-7-8-12-32/h20-21,26,29,31-34,44,46H,4-19,22-25H2,1-3H3,(H3,39,40,41). The van der Waals surface area contributed by atoms with Crippen LogP contribution in [0, 0.1) is 11.8 Å². The number of nitrogens with two attached hydrogens (primary N) is 1. The van der Waals surface area contributed by atoms with Crippen molar-refractivity contribution < 1.29 is 29.3 Å². The van der Waals surface area contributed by atoms with E-state index in [0.29, 0.717) is 74.3 Å². The highest BCUT2D eigenvalue weighted by Gasteiger charge is 2.39. The maximum atomic E-state index is 13.7. The number of hydrogen-bond donors (Lipinski definition) is 4. The number of rotatable bonds is 6. The number of esters is 1. The first-order valence-corrected chi connectivity index (χ1v) is 21.5. The van der Waals surface area contributed by atoms with E-state index in [1.54, 1.807) is 21.6 Å². The molecule has 4 bridgehead atoms. The Morgan fingerprint density at radius 2 is 1.82 bits per heavy atom. The molecule has 1 aromatic rings. The number of fused-ring (bicyclic) bond motifs is 4. The summed E-state index contributed by atoms with van der Waals surface area (Å²) >= 11 is 0. The Kier molecular flexibility index (Phi) is 17.2. The van der Waals surface area contributed by atoms with Gasteiger partial charge in [-0.2, -0.15) is 0 Å². The lowest BCUT2D eigenvalue weighted by molar-refractivity contribution is -0.148. The fourth-order valence-corrected chi connectivity index (χ4v) is 9.30. The Hall–Kier alpha value is -2.31. The van der Waals surface area contributed by atoms with E-state index in [1.165, 1.54) is 6.92 Å². The largest absolute Gasteiger partial charge is 0.504 e. The van der Waals surface area contributed by atoms with Crippen molar-refractivity contribution >= 4 is 39.4 Å². The summed E-state index contributed by atoms with van der Waals surface area (Å²) in [5, 5.41) is 25.7. The van der Waals surface area contributed by atoms with E-state index < -0.39 is 12.2 Å². The summed E-state index contributed by atoms with van der Waals surface area (Å²) in [6.07, 6.45) is 12.7. The topological polar surface area (TPSA) is 147 Å². The molecule has 0 radical (unpaired) electrons. The zero-order chi connectivity index (χ0) is 35.9. The number of ether oxygens (including phenoxy) is 2. The highest BCUT2D eigenvalue weighted by atomic mass is 33.1. The highest BCUT2D eigenvalue weighted by Crippen LogP contribution is 2.39. The van der Waals surface area contributed by atoms with E-state index in [1.807, 2.05) is 17.0 Å². The SMILES string of the molecule is CC(=O)OC1CCc2cc(c(O)c(OC3CCCC3)c2)CN2C(=O)CC(CCNC(N)=NCSSCCCCCCC(O)C1)C2CCC(C)C. The van der Waals surface area contributed by atoms with Crippen molar-refractivity contribution in [1.29, 1.82) is 0 Å². The van der Waals surface area contributed by atoms with Crippen molar-refractivity contribution in [1.82, 2.24) is 10.2 Å². The molecule has 1 saturated carbocycles. The van der Waals surface area contributed by atoms with Crippen LogP contribution in [0.1, 0.15) is 128 Å². The van der Waals surface area contributed by atoms with Gasteiger partial charge >= 0.3 is 5.97 Å². The van der Waals surface area contributed by atoms with Gasteiger partial charge in [0, 0.05) is 50.2 Å². The van der Waals surface area contributed by atoms with Gasteiger partial charge in [-0.15, -0.1) is 0 Å². The quantitative estimate of drug-likeness (QED) is 0.177. The summed E-state index contributed by atoms with van der Waals surface area (Å²) in [5.74, 6) is 3.04. The van der Waals surface area contributed by atoms with E-state index in [-0.39, 0.29) is 35.7 Å². The fourth-order valence-electron chi connectivity index (χ4n) is 7.50. The molecule has 1 aromatic carbocycles. The summed E-state index contributed by atoms with van der Waals surface area (Å²) in [7, 11) is 3.50. The first kappa shape index (κ1) is 40.5. The molecule has 2 heterocycles. The van der Waals surface area contributed by atoms with Crippen LogP contribution in [0.2, 0.25) is 0 Å². The zero-order valence-electron chi connectivity index (χ0n) is 30.6. The molecular formula is C38H62N4O6S2. The van der Waals surface area contributed by atoms with Crippen molar-refractivity contribution in [2.24, 2.45) is 22.6 Å². The van der Waals surface area contributed by atoms with Crippen LogP contribution in [0.4, 0.5) is 0 Å². The van der Waals surface area contributed by atoms with Crippen molar-refractivity contribution in [3.8, 4) is 11.5 Å². The molecule has 2 aliphatic heterocycles. The predicted molar refractivity (Wildman–Crippen MR) is 204 cm³/mol. The molecule has 4 rings (SSSR count). The number of nitrogens with one attached hydrogen (secondary N) is 1. The van der Waals surface area contributed by atoms with Gasteiger partial charge in [-0.3, -0.25) is 9.59 Å². The Bertz CT molecular complexity index is 1240. The van der Waals surface area contributed by atoms with E-state index in [4.69, 9.17) is 15.2 Å². The van der Waals surface area contributed by atoms with Gasteiger partial charge in [-0.1, -0.05) is 60.8 Å². The van der Waals surface area contributed by atoms with Crippen LogP contribution in [0.3, 0.4) is 0 Å². The second kappa shape index (κ2) is 21.3. The first-order chi connectivity index (χ1) is 24.1. The minimum Gasteiger partial charge on any atom is -0.504 e. The maximum absolute atomic E-state index is 13.7. The van der Waals surface area contributed by atoms with Gasteiger partial charge in [0.1, 0.15) is 6.10 Å². The predicted octanol–water partition coefficient (Wildman–Crippen LogP) is 7.08. The molecule has 10 nitrogen and oxygen atoms in total. The lowest BCUT2D eigenvalue weighted by Crippen LogP contribution is -2.37. The van der Waals surface area contributed by atoms with Crippen LogP contribution in [0.5, 0.6) is 11.5 Å². The van der Waals surface area contributed by atoms with Crippen molar-refractivity contribution in [2.75, 3.05) is 18.2 Å². The molecule has 0 aromatic heterocycles. The monoisotopic (exact) mass is 734 g/mol. The minimum atomic E-state index is -0.548. The van der Waals surface area contributed by atoms with Crippen molar-refractivity contribution in [3.05, 3.63) is 23.3 Å². The summed E-state index contributed by atoms with van der Waals surface area (Å²) in [5.41, 5.74) is 7.82. The molecule has 2 fully saturated rings. The lowest BCUT2D eigenvalue weighted by Gasteiger charge is -2.30. The average molecular weight is 735 g/mol. The Morgan fingerprint density at radius 3 is 2.58 bits per heavy atom. The van der Waals surface area contributed by atoms with Gasteiger partial charge in [-0.05, 0) is 94.1 Å². The van der Waals surface area contributed by atoms with Gasteiger partial charge in [0.2, 0.25) is 5.91 Å². The van der Waals surface area contributed by atoms with Gasteiger partial charge in [0.15, 0.2) is 17.5 Å². The number of aliphatic hydroxyl groups is 1. The number of nitrogens with zero attached hydrogens (tertiary/aromatic N) is 2. The van der Waals surface area contributed by atoms with E-state index in [0.717, 1.165) is 81.9 Å². The Morgan fingerprint density at radius 1 is 1.06 bits per heavy atom. The smallest absolute Gasteiger partial charge is 0.302 e. The van der Waals surface area contributed by atoms with Crippen LogP contribution in [-0.2, 0) is 27.3 Å². The minimum absolute atomic E-state index is 0.0486. The Balaban J connectivity index is 1.59. The zero-order valence-corrected chi connectivity index (χ0v) is 32.2. The number of aliphatic hydroxyl groups excluding tert-OH is 1. The number of phenolic OH excluding ortho intramolecular Hbond substituents is 1. The van der Waals surface area contributed by atoms with Gasteiger partial charge < -0.3 is 35.6 Å². The molecule has 3 aliphatic rings. The number of phenols is 1. The molecule has 1 aliphatic carbocycles. The third kappa shape index (κ3) is 13.7. The molecule has 1 saturated heterocycles. The number of aliphatic imine (C=N–C) groups is 1. The van der Waals surface area contributed by atoms with Crippen LogP contribution in [-0.4, -0.2) is 75.5 Å². The summed E-state index contributed by atoms with van der Waals surface area (Å²) < 4.78 is 12.1. The summed E-state index contributed by atoms with van der Waals surface area (Å²) in [4.78, 5) is 32.2. The molecular weight excluding hydrogens is 673 g/mol. The van der Waals surface area contributed by atoms with Crippen LogP contribution in [0.15, 0.2) is 17.1 Å². The second-order valence-electron chi connectivity index (χ2n) is 14.8. The van der Waals surface area contributed by atoms with Crippen molar-refractivity contribution in [2.45, 2.75) is 154 Å². The van der Waals surface area contributed by atoms with Crippen LogP contribution in [0.25, 0.3) is 0 Å². The first-order valence-electron chi connectivity index (χ1n) is 19.0. The van der Waals surface area contributed by atoms with Crippen LogP contribution >= 0.6 is 21.6 Å². The lowest BCUT2D eigenvalue weighted by atomic mass is 9.90. The average Bonchev–Trinajstić information content (AvgIpc) is 3.68.